The van der Waals surface area contributed by atoms with Crippen LogP contribution in [0.5, 0.6) is 0 Å². The van der Waals surface area contributed by atoms with E-state index in [4.69, 9.17) is 0 Å². The van der Waals surface area contributed by atoms with Crippen molar-refractivity contribution in [2.45, 2.75) is 6.92 Å². The van der Waals surface area contributed by atoms with Crippen molar-refractivity contribution in [3.63, 3.8) is 0 Å². The molecule has 2 aromatic carbocycles. The van der Waals surface area contributed by atoms with Crippen LogP contribution in [0.25, 0.3) is 10.9 Å². The summed E-state index contributed by atoms with van der Waals surface area (Å²) in [5.41, 5.74) is 2.44. The Labute approximate surface area is 121 Å². The summed E-state index contributed by atoms with van der Waals surface area (Å²) in [6.45, 7) is 1.77. The molecule has 0 aliphatic rings. The lowest BCUT2D eigenvalue weighted by Gasteiger charge is -2.09. The number of aromatic nitrogens is 1. The fourth-order valence-electron chi connectivity index (χ4n) is 2.19. The number of benzene rings is 2. The molecule has 0 saturated heterocycles. The summed E-state index contributed by atoms with van der Waals surface area (Å²) in [6, 6.07) is 15.2. The molecule has 1 N–H and O–H groups in total. The van der Waals surface area contributed by atoms with Gasteiger partial charge in [0.05, 0.1) is 16.8 Å². The molecule has 0 fully saturated rings. The van der Waals surface area contributed by atoms with Gasteiger partial charge >= 0.3 is 0 Å². The molecule has 104 valence electrons. The molecule has 0 saturated carbocycles. The number of pyridine rings is 1. The molecule has 0 atom stereocenters. The van der Waals surface area contributed by atoms with Gasteiger partial charge in [-0.1, -0.05) is 18.2 Å². The van der Waals surface area contributed by atoms with E-state index < -0.39 is 0 Å². The first-order chi connectivity index (χ1) is 10.1. The van der Waals surface area contributed by atoms with Gasteiger partial charge in [-0.25, -0.2) is 4.39 Å². The fraction of sp³-hybridized carbons (Fsp3) is 0.0588. The highest BCUT2D eigenvalue weighted by Gasteiger charge is 2.12. The monoisotopic (exact) mass is 280 g/mol. The number of carbonyl (C=O) groups is 1. The zero-order valence-corrected chi connectivity index (χ0v) is 11.4. The number of hydrogen-bond acceptors (Lipinski definition) is 2. The number of rotatable bonds is 2. The van der Waals surface area contributed by atoms with E-state index in [0.717, 1.165) is 0 Å². The fourth-order valence-corrected chi connectivity index (χ4v) is 2.19. The average molecular weight is 280 g/mol. The van der Waals surface area contributed by atoms with Gasteiger partial charge in [0.1, 0.15) is 5.82 Å². The van der Waals surface area contributed by atoms with Crippen LogP contribution in [0.3, 0.4) is 0 Å². The molecule has 3 nitrogen and oxygen atoms in total. The first kappa shape index (κ1) is 13.2. The van der Waals surface area contributed by atoms with E-state index in [1.54, 1.807) is 31.2 Å². The van der Waals surface area contributed by atoms with E-state index in [-0.39, 0.29) is 11.7 Å². The van der Waals surface area contributed by atoms with Crippen molar-refractivity contribution in [1.82, 2.24) is 4.98 Å². The van der Waals surface area contributed by atoms with Crippen LogP contribution in [0, 0.1) is 12.7 Å². The normalized spacial score (nSPS) is 10.6. The van der Waals surface area contributed by atoms with Crippen molar-refractivity contribution in [3.8, 4) is 0 Å². The van der Waals surface area contributed by atoms with Crippen LogP contribution in [-0.4, -0.2) is 10.9 Å². The van der Waals surface area contributed by atoms with Crippen molar-refractivity contribution in [2.24, 2.45) is 0 Å². The number of nitrogens with one attached hydrogen (secondary N) is 1. The maximum absolute atomic E-state index is 13.3. The Morgan fingerprint density at radius 1 is 1.10 bits per heavy atom. The minimum atomic E-state index is -0.345. The van der Waals surface area contributed by atoms with Crippen LogP contribution in [0.2, 0.25) is 0 Å². The number of fused-ring (bicyclic) bond motifs is 1. The molecule has 0 spiro atoms. The third-order valence-electron chi connectivity index (χ3n) is 3.24. The second-order valence-corrected chi connectivity index (χ2v) is 4.78. The van der Waals surface area contributed by atoms with E-state index in [1.165, 1.54) is 12.1 Å². The van der Waals surface area contributed by atoms with E-state index in [1.807, 2.05) is 18.2 Å². The number of nitrogens with zero attached hydrogens (tertiary/aromatic N) is 1. The Morgan fingerprint density at radius 2 is 1.86 bits per heavy atom. The first-order valence-corrected chi connectivity index (χ1v) is 6.57. The zero-order valence-electron chi connectivity index (χ0n) is 11.4. The largest absolute Gasteiger partial charge is 0.322 e. The molecular formula is C17H13FN2O. The second-order valence-electron chi connectivity index (χ2n) is 4.78. The highest BCUT2D eigenvalue weighted by molar-refractivity contribution is 6.06. The topological polar surface area (TPSA) is 42.0 Å². The quantitative estimate of drug-likeness (QED) is 0.772. The van der Waals surface area contributed by atoms with E-state index >= 15 is 0 Å². The molecule has 1 heterocycles. The Balaban J connectivity index is 1.99. The van der Waals surface area contributed by atoms with Gasteiger partial charge in [-0.05, 0) is 43.3 Å². The molecular weight excluding hydrogens is 267 g/mol. The van der Waals surface area contributed by atoms with E-state index in [9.17, 15) is 9.18 Å². The molecule has 3 aromatic rings. The van der Waals surface area contributed by atoms with Gasteiger partial charge in [0.2, 0.25) is 0 Å². The van der Waals surface area contributed by atoms with Crippen molar-refractivity contribution >= 4 is 22.5 Å². The molecule has 21 heavy (non-hydrogen) atoms. The molecule has 1 aromatic heterocycles. The van der Waals surface area contributed by atoms with Crippen LogP contribution in [0.15, 0.2) is 54.6 Å². The standard InChI is InChI=1S/C17H13FN2O/c1-11-15(17(21)20-14-5-3-2-4-6-14)10-12-9-13(18)7-8-16(12)19-11/h2-10H,1H3,(H,20,21). The highest BCUT2D eigenvalue weighted by atomic mass is 19.1. The lowest BCUT2D eigenvalue weighted by molar-refractivity contribution is 0.102. The molecule has 3 rings (SSSR count). The molecule has 0 aliphatic carbocycles. The van der Waals surface area contributed by atoms with Crippen LogP contribution in [0.1, 0.15) is 16.1 Å². The Hall–Kier alpha value is -2.75. The average Bonchev–Trinajstić information content (AvgIpc) is 2.48. The molecule has 1 amide bonds. The van der Waals surface area contributed by atoms with Crippen LogP contribution in [0.4, 0.5) is 10.1 Å². The summed E-state index contributed by atoms with van der Waals surface area (Å²) in [6.07, 6.45) is 0. The van der Waals surface area contributed by atoms with Crippen LogP contribution >= 0.6 is 0 Å². The Bertz CT molecular complexity index is 816. The molecule has 0 radical (unpaired) electrons. The molecule has 0 bridgehead atoms. The van der Waals surface area contributed by atoms with Crippen LogP contribution in [-0.2, 0) is 0 Å². The highest BCUT2D eigenvalue weighted by Crippen LogP contribution is 2.19. The lowest BCUT2D eigenvalue weighted by Crippen LogP contribution is -2.14. The van der Waals surface area contributed by atoms with Crippen molar-refractivity contribution in [1.29, 1.82) is 0 Å². The Morgan fingerprint density at radius 3 is 2.62 bits per heavy atom. The number of halogens is 1. The maximum Gasteiger partial charge on any atom is 0.257 e. The summed E-state index contributed by atoms with van der Waals surface area (Å²) < 4.78 is 13.3. The minimum Gasteiger partial charge on any atom is -0.322 e. The van der Waals surface area contributed by atoms with Gasteiger partial charge in [-0.3, -0.25) is 9.78 Å². The predicted molar refractivity (Wildman–Crippen MR) is 80.8 cm³/mol. The maximum atomic E-state index is 13.3. The number of aryl methyl sites for hydroxylation is 1. The lowest BCUT2D eigenvalue weighted by atomic mass is 10.1. The van der Waals surface area contributed by atoms with Gasteiger partial charge in [-0.15, -0.1) is 0 Å². The van der Waals surface area contributed by atoms with Gasteiger partial charge < -0.3 is 5.32 Å². The number of para-hydroxylation sites is 1. The van der Waals surface area contributed by atoms with Gasteiger partial charge in [0.25, 0.3) is 5.91 Å². The van der Waals surface area contributed by atoms with Crippen molar-refractivity contribution in [2.75, 3.05) is 5.32 Å². The summed E-state index contributed by atoms with van der Waals surface area (Å²) in [7, 11) is 0. The summed E-state index contributed by atoms with van der Waals surface area (Å²) >= 11 is 0. The SMILES string of the molecule is Cc1nc2ccc(F)cc2cc1C(=O)Nc1ccccc1. The summed E-state index contributed by atoms with van der Waals surface area (Å²) in [5.74, 6) is -0.597. The van der Waals surface area contributed by atoms with Gasteiger partial charge in [-0.2, -0.15) is 0 Å². The Kier molecular flexibility index (Phi) is 3.36. The minimum absolute atomic E-state index is 0.252. The second kappa shape index (κ2) is 5.32. The van der Waals surface area contributed by atoms with Crippen LogP contribution < -0.4 is 5.32 Å². The zero-order chi connectivity index (χ0) is 14.8. The number of amides is 1. The predicted octanol–water partition coefficient (Wildman–Crippen LogP) is 3.93. The third-order valence-corrected chi connectivity index (χ3v) is 3.24. The smallest absolute Gasteiger partial charge is 0.257 e. The van der Waals surface area contributed by atoms with E-state index in [0.29, 0.717) is 27.8 Å². The summed E-state index contributed by atoms with van der Waals surface area (Å²) in [5, 5.41) is 3.42. The summed E-state index contributed by atoms with van der Waals surface area (Å²) in [4.78, 5) is 16.7. The first-order valence-electron chi connectivity index (χ1n) is 6.57. The molecule has 0 unspecified atom stereocenters. The van der Waals surface area contributed by atoms with Crippen molar-refractivity contribution < 1.29 is 9.18 Å². The van der Waals surface area contributed by atoms with E-state index in [2.05, 4.69) is 10.3 Å². The third kappa shape index (κ3) is 2.74. The number of hydrogen-bond donors (Lipinski definition) is 1. The number of anilines is 1. The van der Waals surface area contributed by atoms with Crippen molar-refractivity contribution in [3.05, 3.63) is 71.7 Å². The number of carbonyl (C=O) groups excluding carboxylic acids is 1. The van der Waals surface area contributed by atoms with Gasteiger partial charge in [0.15, 0.2) is 0 Å². The molecule has 0 aliphatic heterocycles. The van der Waals surface area contributed by atoms with Gasteiger partial charge in [0, 0.05) is 11.1 Å². The molecule has 4 heteroatoms.